The first kappa shape index (κ1) is 18.0. The van der Waals surface area contributed by atoms with E-state index in [0.29, 0.717) is 18.9 Å². The molecule has 1 aromatic carbocycles. The maximum atomic E-state index is 13.6. The van der Waals surface area contributed by atoms with Gasteiger partial charge in [0.25, 0.3) is 5.91 Å². The number of aromatic carboxylic acids is 1. The van der Waals surface area contributed by atoms with Crippen LogP contribution >= 0.6 is 0 Å². The lowest BCUT2D eigenvalue weighted by molar-refractivity contribution is -0.137. The minimum Gasteiger partial charge on any atom is -0.478 e. The summed E-state index contributed by atoms with van der Waals surface area (Å²) in [4.78, 5) is 22.8. The molecule has 1 aliphatic carbocycles. The number of carbonyl (C=O) groups excluding carboxylic acids is 1. The zero-order chi connectivity index (χ0) is 19.1. The number of hydrogen-bond acceptors (Lipinski definition) is 3. The summed E-state index contributed by atoms with van der Waals surface area (Å²) in [5.41, 5.74) is -1.89. The molecule has 0 bridgehead atoms. The highest BCUT2D eigenvalue weighted by atomic mass is 19.4. The van der Waals surface area contributed by atoms with Crippen LogP contribution in [0.4, 0.5) is 17.6 Å². The molecule has 0 radical (unpaired) electrons. The molecule has 0 spiro atoms. The van der Waals surface area contributed by atoms with E-state index >= 15 is 0 Å². The molecule has 3 rings (SSSR count). The van der Waals surface area contributed by atoms with E-state index in [4.69, 9.17) is 9.52 Å². The van der Waals surface area contributed by atoms with Crippen LogP contribution in [0.15, 0.2) is 34.9 Å². The van der Waals surface area contributed by atoms with E-state index in [0.717, 1.165) is 24.5 Å². The van der Waals surface area contributed by atoms with Crippen molar-refractivity contribution >= 4 is 11.9 Å². The van der Waals surface area contributed by atoms with Crippen molar-refractivity contribution in [3.8, 4) is 0 Å². The van der Waals surface area contributed by atoms with Gasteiger partial charge in [-0.3, -0.25) is 4.79 Å². The SMILES string of the molecule is O=C(O)c1coc(C(=O)NCC2(c3cc(F)cc(C(F)(F)F)c3)CC2)c1. The van der Waals surface area contributed by atoms with E-state index in [2.05, 4.69) is 5.32 Å². The van der Waals surface area contributed by atoms with E-state index in [1.165, 1.54) is 0 Å². The average Bonchev–Trinajstić information content (AvgIpc) is 3.17. The molecule has 2 aromatic rings. The van der Waals surface area contributed by atoms with Crippen molar-refractivity contribution in [2.45, 2.75) is 24.4 Å². The Bertz CT molecular complexity index is 868. The van der Waals surface area contributed by atoms with E-state index in [-0.39, 0.29) is 23.4 Å². The average molecular weight is 371 g/mol. The predicted octanol–water partition coefficient (Wildman–Crippen LogP) is 3.60. The molecule has 1 saturated carbocycles. The molecule has 1 heterocycles. The first-order valence-electron chi connectivity index (χ1n) is 7.59. The quantitative estimate of drug-likeness (QED) is 0.787. The number of amides is 1. The van der Waals surface area contributed by atoms with Crippen molar-refractivity contribution in [1.82, 2.24) is 5.32 Å². The third-order valence-corrected chi connectivity index (χ3v) is 4.35. The molecule has 1 aliphatic rings. The fraction of sp³-hybridized carbons (Fsp3) is 0.294. The van der Waals surface area contributed by atoms with Crippen LogP contribution in [0, 0.1) is 5.82 Å². The predicted molar refractivity (Wildman–Crippen MR) is 80.3 cm³/mol. The summed E-state index contributed by atoms with van der Waals surface area (Å²) in [5.74, 6) is -3.18. The summed E-state index contributed by atoms with van der Waals surface area (Å²) in [6.07, 6.45) is -2.77. The Hall–Kier alpha value is -2.84. The Morgan fingerprint density at radius 1 is 1.19 bits per heavy atom. The van der Waals surface area contributed by atoms with Crippen LogP contribution < -0.4 is 5.32 Å². The van der Waals surface area contributed by atoms with Crippen LogP contribution in [0.2, 0.25) is 0 Å². The van der Waals surface area contributed by atoms with Crippen LogP contribution in [-0.4, -0.2) is 23.5 Å². The molecule has 5 nitrogen and oxygen atoms in total. The number of halogens is 4. The maximum absolute atomic E-state index is 13.6. The molecule has 0 saturated heterocycles. The van der Waals surface area contributed by atoms with Gasteiger partial charge < -0.3 is 14.8 Å². The highest BCUT2D eigenvalue weighted by Crippen LogP contribution is 2.49. The van der Waals surface area contributed by atoms with Gasteiger partial charge in [-0.05, 0) is 36.6 Å². The standard InChI is InChI=1S/C17H13F4NO4/c18-12-5-10(4-11(6-12)17(19,20)21)16(1-2-16)8-22-14(23)13-3-9(7-26-13)15(24)25/h3-7H,1-2,8H2,(H,22,23)(H,24,25). The fourth-order valence-electron chi connectivity index (χ4n) is 2.68. The Balaban J connectivity index is 1.75. The van der Waals surface area contributed by atoms with Crippen LogP contribution in [0.3, 0.4) is 0 Å². The lowest BCUT2D eigenvalue weighted by atomic mass is 9.93. The Morgan fingerprint density at radius 2 is 1.88 bits per heavy atom. The summed E-state index contributed by atoms with van der Waals surface area (Å²) in [5, 5.41) is 11.3. The van der Waals surface area contributed by atoms with Crippen LogP contribution in [0.25, 0.3) is 0 Å². The summed E-state index contributed by atoms with van der Waals surface area (Å²) < 4.78 is 57.0. The molecular formula is C17H13F4NO4. The lowest BCUT2D eigenvalue weighted by Gasteiger charge is -2.18. The van der Waals surface area contributed by atoms with Crippen molar-refractivity contribution in [2.24, 2.45) is 0 Å². The second-order valence-corrected chi connectivity index (χ2v) is 6.19. The number of rotatable bonds is 5. The highest BCUT2D eigenvalue weighted by Gasteiger charge is 2.46. The van der Waals surface area contributed by atoms with Gasteiger partial charge in [-0.15, -0.1) is 0 Å². The van der Waals surface area contributed by atoms with Crippen molar-refractivity contribution in [3.63, 3.8) is 0 Å². The zero-order valence-electron chi connectivity index (χ0n) is 13.2. The number of carbonyl (C=O) groups is 2. The number of furan rings is 1. The van der Waals surface area contributed by atoms with Gasteiger partial charge in [0.05, 0.1) is 11.1 Å². The minimum absolute atomic E-state index is 0.0182. The smallest absolute Gasteiger partial charge is 0.416 e. The van der Waals surface area contributed by atoms with Crippen LogP contribution in [-0.2, 0) is 11.6 Å². The molecule has 26 heavy (non-hydrogen) atoms. The maximum Gasteiger partial charge on any atom is 0.416 e. The molecule has 1 fully saturated rings. The molecule has 9 heteroatoms. The number of alkyl halides is 3. The summed E-state index contributed by atoms with van der Waals surface area (Å²) in [6, 6.07) is 3.39. The molecule has 1 aromatic heterocycles. The van der Waals surface area contributed by atoms with Gasteiger partial charge in [-0.2, -0.15) is 13.2 Å². The van der Waals surface area contributed by atoms with Crippen molar-refractivity contribution in [2.75, 3.05) is 6.54 Å². The van der Waals surface area contributed by atoms with Gasteiger partial charge in [-0.1, -0.05) is 0 Å². The van der Waals surface area contributed by atoms with Gasteiger partial charge in [0, 0.05) is 18.0 Å². The molecule has 0 atom stereocenters. The third-order valence-electron chi connectivity index (χ3n) is 4.35. The van der Waals surface area contributed by atoms with E-state index in [1.54, 1.807) is 0 Å². The summed E-state index contributed by atoms with van der Waals surface area (Å²) in [7, 11) is 0. The number of hydrogen-bond donors (Lipinski definition) is 2. The molecule has 0 aliphatic heterocycles. The first-order valence-corrected chi connectivity index (χ1v) is 7.59. The summed E-state index contributed by atoms with van der Waals surface area (Å²) in [6.45, 7) is -0.0182. The van der Waals surface area contributed by atoms with Gasteiger partial charge >= 0.3 is 12.1 Å². The Labute approximate surface area is 144 Å². The monoisotopic (exact) mass is 371 g/mol. The Morgan fingerprint density at radius 3 is 2.42 bits per heavy atom. The van der Waals surface area contributed by atoms with Crippen molar-refractivity contribution in [3.05, 3.63) is 58.8 Å². The largest absolute Gasteiger partial charge is 0.478 e. The molecule has 0 unspecified atom stereocenters. The topological polar surface area (TPSA) is 79.5 Å². The second kappa shape index (κ2) is 6.15. The highest BCUT2D eigenvalue weighted by molar-refractivity contribution is 5.95. The van der Waals surface area contributed by atoms with Gasteiger partial charge in [0.2, 0.25) is 0 Å². The van der Waals surface area contributed by atoms with E-state index in [9.17, 15) is 27.2 Å². The number of carboxylic acid groups (broad SMARTS) is 1. The van der Waals surface area contributed by atoms with Crippen LogP contribution in [0.1, 0.15) is 44.9 Å². The molecule has 2 N–H and O–H groups in total. The molecular weight excluding hydrogens is 358 g/mol. The minimum atomic E-state index is -4.67. The summed E-state index contributed by atoms with van der Waals surface area (Å²) >= 11 is 0. The molecule has 1 amide bonds. The first-order chi connectivity index (χ1) is 12.1. The second-order valence-electron chi connectivity index (χ2n) is 6.19. The number of nitrogens with one attached hydrogen (secondary N) is 1. The number of benzene rings is 1. The lowest BCUT2D eigenvalue weighted by Crippen LogP contribution is -2.32. The molecule has 138 valence electrons. The van der Waals surface area contributed by atoms with Gasteiger partial charge in [-0.25, -0.2) is 9.18 Å². The third kappa shape index (κ3) is 3.56. The van der Waals surface area contributed by atoms with Gasteiger partial charge in [0.15, 0.2) is 5.76 Å². The number of carboxylic acids is 1. The normalized spacial score (nSPS) is 15.5. The van der Waals surface area contributed by atoms with Gasteiger partial charge in [0.1, 0.15) is 12.1 Å². The van der Waals surface area contributed by atoms with Crippen molar-refractivity contribution in [1.29, 1.82) is 0 Å². The van der Waals surface area contributed by atoms with Crippen molar-refractivity contribution < 1.29 is 36.7 Å². The van der Waals surface area contributed by atoms with E-state index < -0.39 is 34.8 Å². The fourth-order valence-corrected chi connectivity index (χ4v) is 2.68. The van der Waals surface area contributed by atoms with Crippen LogP contribution in [0.5, 0.6) is 0 Å². The van der Waals surface area contributed by atoms with E-state index in [1.807, 2.05) is 0 Å². The zero-order valence-corrected chi connectivity index (χ0v) is 13.2. The Kier molecular flexibility index (Phi) is 4.25.